The van der Waals surface area contributed by atoms with Gasteiger partial charge in [-0.1, -0.05) is 6.07 Å². The monoisotopic (exact) mass is 512 g/mol. The molecule has 2 aliphatic heterocycles. The van der Waals surface area contributed by atoms with Crippen LogP contribution in [0.4, 0.5) is 17.6 Å². The number of carboxylic acid groups (broad SMARTS) is 1. The van der Waals surface area contributed by atoms with Crippen molar-refractivity contribution >= 4 is 29.1 Å². The van der Waals surface area contributed by atoms with E-state index in [1.165, 1.54) is 23.6 Å². The topological polar surface area (TPSA) is 104 Å². The number of aliphatic carboxylic acids is 1. The number of amidine groups is 1. The molecule has 186 valence electrons. The number of alkyl halides is 2. The number of rotatable bonds is 7. The average Bonchev–Trinajstić information content (AvgIpc) is 3.43. The maximum atomic E-state index is 14.1. The Balaban J connectivity index is 1.83. The van der Waals surface area contributed by atoms with Crippen LogP contribution < -0.4 is 5.32 Å². The summed E-state index contributed by atoms with van der Waals surface area (Å²) in [5.74, 6) is -7.63. The number of carbonyl (C=O) groups is 2. The van der Waals surface area contributed by atoms with Gasteiger partial charge in [-0.25, -0.2) is 27.3 Å². The van der Waals surface area contributed by atoms with Crippen molar-refractivity contribution in [3.05, 3.63) is 63.3 Å². The van der Waals surface area contributed by atoms with Crippen molar-refractivity contribution in [2.45, 2.75) is 31.4 Å². The fourth-order valence-electron chi connectivity index (χ4n) is 4.04. The summed E-state index contributed by atoms with van der Waals surface area (Å²) in [4.78, 5) is 34.3. The molecule has 3 heterocycles. The molecule has 0 radical (unpaired) electrons. The summed E-state index contributed by atoms with van der Waals surface area (Å²) < 4.78 is 61.1. The third kappa shape index (κ3) is 5.20. The first kappa shape index (κ1) is 24.8. The van der Waals surface area contributed by atoms with E-state index >= 15 is 0 Å². The standard InChI is InChI=1S/C22H20F4N4O4S/c1-2-34-21(33)16-14(9-30-10-22(25,26)8-15(30)20(31)32)28-18(19-27-5-6-35-19)29-17(16)11-3-4-12(23)13(24)7-11/h3-7,15,17H,2,8-10H2,1H3,(H,28,29)(H,31,32)/t15-,17-/m0/s1. The molecule has 0 spiro atoms. The predicted molar refractivity (Wildman–Crippen MR) is 117 cm³/mol. The van der Waals surface area contributed by atoms with Crippen LogP contribution in [0.2, 0.25) is 0 Å². The van der Waals surface area contributed by atoms with Gasteiger partial charge < -0.3 is 15.2 Å². The van der Waals surface area contributed by atoms with Crippen molar-refractivity contribution in [3.63, 3.8) is 0 Å². The molecule has 0 amide bonds. The molecule has 4 rings (SSSR count). The normalized spacial score (nSPS) is 22.0. The molecule has 0 bridgehead atoms. The van der Waals surface area contributed by atoms with Crippen LogP contribution in [-0.2, 0) is 14.3 Å². The number of halogens is 4. The van der Waals surface area contributed by atoms with Gasteiger partial charge in [0.2, 0.25) is 0 Å². The smallest absolute Gasteiger partial charge is 0.338 e. The molecule has 2 aliphatic rings. The molecule has 13 heteroatoms. The lowest BCUT2D eigenvalue weighted by molar-refractivity contribution is -0.142. The second-order valence-corrected chi connectivity index (χ2v) is 8.84. The van der Waals surface area contributed by atoms with Gasteiger partial charge in [-0.05, 0) is 24.6 Å². The average molecular weight is 512 g/mol. The van der Waals surface area contributed by atoms with Crippen molar-refractivity contribution < 1.29 is 37.0 Å². The van der Waals surface area contributed by atoms with Crippen LogP contribution in [0, 0.1) is 11.6 Å². The summed E-state index contributed by atoms with van der Waals surface area (Å²) in [5.41, 5.74) is 0.0430. The van der Waals surface area contributed by atoms with Gasteiger partial charge in [-0.2, -0.15) is 0 Å². The van der Waals surface area contributed by atoms with E-state index in [2.05, 4.69) is 15.3 Å². The lowest BCUT2D eigenvalue weighted by atomic mass is 9.95. The van der Waals surface area contributed by atoms with Crippen LogP contribution in [0.1, 0.15) is 30.0 Å². The number of thiazole rings is 1. The Bertz CT molecular complexity index is 1200. The van der Waals surface area contributed by atoms with Crippen molar-refractivity contribution in [2.75, 3.05) is 19.7 Å². The number of nitrogens with one attached hydrogen (secondary N) is 1. The predicted octanol–water partition coefficient (Wildman–Crippen LogP) is 3.12. The van der Waals surface area contributed by atoms with Crippen LogP contribution in [0.3, 0.4) is 0 Å². The minimum atomic E-state index is -3.24. The first-order chi connectivity index (χ1) is 16.6. The first-order valence-corrected chi connectivity index (χ1v) is 11.4. The number of carboxylic acids is 1. The highest BCUT2D eigenvalue weighted by Crippen LogP contribution is 2.36. The van der Waals surface area contributed by atoms with Gasteiger partial charge in [-0.3, -0.25) is 14.7 Å². The van der Waals surface area contributed by atoms with Crippen LogP contribution in [0.25, 0.3) is 0 Å². The number of aromatic nitrogens is 1. The van der Waals surface area contributed by atoms with Gasteiger partial charge in [0.15, 0.2) is 22.5 Å². The number of likely N-dealkylation sites (tertiary alicyclic amines) is 1. The van der Waals surface area contributed by atoms with E-state index in [0.717, 1.165) is 17.0 Å². The Labute approximate surface area is 200 Å². The number of hydrogen-bond acceptors (Lipinski definition) is 8. The van der Waals surface area contributed by atoms with E-state index < -0.39 is 54.5 Å². The fraction of sp³-hybridized carbons (Fsp3) is 0.364. The highest BCUT2D eigenvalue weighted by atomic mass is 32.1. The molecular weight excluding hydrogens is 492 g/mol. The highest BCUT2D eigenvalue weighted by Gasteiger charge is 2.49. The fourth-order valence-corrected chi connectivity index (χ4v) is 4.63. The lowest BCUT2D eigenvalue weighted by Crippen LogP contribution is -2.43. The van der Waals surface area contributed by atoms with Crippen molar-refractivity contribution in [1.29, 1.82) is 0 Å². The second kappa shape index (κ2) is 9.74. The van der Waals surface area contributed by atoms with Crippen LogP contribution >= 0.6 is 11.3 Å². The Morgan fingerprint density at radius 1 is 1.31 bits per heavy atom. The maximum absolute atomic E-state index is 14.1. The van der Waals surface area contributed by atoms with E-state index in [-0.39, 0.29) is 35.8 Å². The molecule has 1 aromatic carbocycles. The summed E-state index contributed by atoms with van der Waals surface area (Å²) in [5, 5.41) is 14.4. The SMILES string of the molecule is CCOC(=O)C1=C(CN2CC(F)(F)C[C@H]2C(=O)O)NC(c2nccs2)=N[C@H]1c1ccc(F)c(F)c1. The summed E-state index contributed by atoms with van der Waals surface area (Å²) >= 11 is 1.20. The van der Waals surface area contributed by atoms with E-state index in [1.807, 2.05) is 0 Å². The molecule has 2 N–H and O–H groups in total. The molecule has 1 fully saturated rings. The van der Waals surface area contributed by atoms with E-state index in [9.17, 15) is 32.3 Å². The van der Waals surface area contributed by atoms with Crippen LogP contribution in [-0.4, -0.2) is 64.4 Å². The molecule has 35 heavy (non-hydrogen) atoms. The minimum absolute atomic E-state index is 0.0251. The van der Waals surface area contributed by atoms with Crippen molar-refractivity contribution in [1.82, 2.24) is 15.2 Å². The number of nitrogens with zero attached hydrogens (tertiary/aromatic N) is 3. The molecule has 2 aromatic rings. The summed E-state index contributed by atoms with van der Waals surface area (Å²) in [6.07, 6.45) is 0.618. The van der Waals surface area contributed by atoms with Gasteiger partial charge in [0, 0.05) is 30.2 Å². The Morgan fingerprint density at radius 3 is 2.71 bits per heavy atom. The zero-order valence-corrected chi connectivity index (χ0v) is 19.1. The quantitative estimate of drug-likeness (QED) is 0.434. The largest absolute Gasteiger partial charge is 0.480 e. The number of carbonyl (C=O) groups excluding carboxylic acids is 1. The molecule has 1 saturated heterocycles. The van der Waals surface area contributed by atoms with Crippen molar-refractivity contribution in [2.24, 2.45) is 4.99 Å². The van der Waals surface area contributed by atoms with Gasteiger partial charge in [-0.15, -0.1) is 11.3 Å². The van der Waals surface area contributed by atoms with Gasteiger partial charge in [0.25, 0.3) is 5.92 Å². The first-order valence-electron chi connectivity index (χ1n) is 10.5. The molecule has 8 nitrogen and oxygen atoms in total. The molecule has 0 unspecified atom stereocenters. The Hall–Kier alpha value is -3.32. The maximum Gasteiger partial charge on any atom is 0.338 e. The Morgan fingerprint density at radius 2 is 2.09 bits per heavy atom. The molecule has 2 atom stereocenters. The highest BCUT2D eigenvalue weighted by molar-refractivity contribution is 7.11. The zero-order valence-electron chi connectivity index (χ0n) is 18.3. The lowest BCUT2D eigenvalue weighted by Gasteiger charge is -2.30. The van der Waals surface area contributed by atoms with Gasteiger partial charge >= 0.3 is 11.9 Å². The third-order valence-electron chi connectivity index (χ3n) is 5.53. The van der Waals surface area contributed by atoms with E-state index in [0.29, 0.717) is 5.01 Å². The minimum Gasteiger partial charge on any atom is -0.480 e. The number of ether oxygens (including phenoxy) is 1. The number of hydrogen-bond donors (Lipinski definition) is 2. The zero-order chi connectivity index (χ0) is 25.3. The summed E-state index contributed by atoms with van der Waals surface area (Å²) in [6, 6.07) is 0.334. The van der Waals surface area contributed by atoms with E-state index in [1.54, 1.807) is 12.3 Å². The van der Waals surface area contributed by atoms with Crippen LogP contribution in [0.15, 0.2) is 46.0 Å². The number of benzene rings is 1. The van der Waals surface area contributed by atoms with E-state index in [4.69, 9.17) is 4.74 Å². The number of esters is 1. The molecule has 0 aliphatic carbocycles. The molecule has 0 saturated carbocycles. The second-order valence-electron chi connectivity index (χ2n) is 7.95. The van der Waals surface area contributed by atoms with Crippen LogP contribution in [0.5, 0.6) is 0 Å². The van der Waals surface area contributed by atoms with Gasteiger partial charge in [0.05, 0.1) is 18.7 Å². The third-order valence-corrected chi connectivity index (χ3v) is 6.31. The Kier molecular flexibility index (Phi) is 6.90. The van der Waals surface area contributed by atoms with Crippen molar-refractivity contribution in [3.8, 4) is 0 Å². The number of aliphatic imine (C=N–C) groups is 1. The molecular formula is C22H20F4N4O4S. The summed E-state index contributed by atoms with van der Waals surface area (Å²) in [6.45, 7) is 0.311. The molecule has 1 aromatic heterocycles. The summed E-state index contributed by atoms with van der Waals surface area (Å²) in [7, 11) is 0. The van der Waals surface area contributed by atoms with Gasteiger partial charge in [0.1, 0.15) is 12.1 Å².